The zero-order valence-electron chi connectivity index (χ0n) is 7.67. The number of aliphatic hydroxyl groups is 1. The Labute approximate surface area is 73.4 Å². The Kier molecular flexibility index (Phi) is 3.03. The third-order valence-electron chi connectivity index (χ3n) is 2.39. The van der Waals surface area contributed by atoms with Gasteiger partial charge in [-0.15, -0.1) is 0 Å². The van der Waals surface area contributed by atoms with Crippen molar-refractivity contribution in [3.8, 4) is 0 Å². The Bertz CT molecular complexity index is 157. The molecule has 2 atom stereocenters. The summed E-state index contributed by atoms with van der Waals surface area (Å²) in [4.78, 5) is 7.16. The van der Waals surface area contributed by atoms with E-state index in [9.17, 15) is 5.11 Å². The molecule has 2 heteroatoms. The quantitative estimate of drug-likeness (QED) is 0.567. The fraction of sp³-hybridized carbons (Fsp3) is 0.778. The summed E-state index contributed by atoms with van der Waals surface area (Å²) in [6, 6.07) is 0. The predicted octanol–water partition coefficient (Wildman–Crippen LogP) is 2.41. The molecule has 0 saturated carbocycles. The van der Waals surface area contributed by atoms with Crippen molar-refractivity contribution in [2.24, 2.45) is 0 Å². The molecule has 1 N–H and O–H groups in total. The minimum atomic E-state index is -1.85. The molecule has 0 fully saturated rings. The minimum absolute atomic E-state index is 0.0317. The predicted molar refractivity (Wildman–Crippen MR) is 51.5 cm³/mol. The summed E-state index contributed by atoms with van der Waals surface area (Å²) in [5.41, 5.74) is 0. The van der Waals surface area contributed by atoms with E-state index in [2.05, 4.69) is 27.0 Å². The van der Waals surface area contributed by atoms with Gasteiger partial charge in [0.25, 0.3) is 0 Å². The first-order valence-corrected chi connectivity index (χ1v) is 14.6. The van der Waals surface area contributed by atoms with Crippen LogP contribution in [0.2, 0.25) is 18.8 Å². The van der Waals surface area contributed by atoms with E-state index in [1.54, 1.807) is 0 Å². The summed E-state index contributed by atoms with van der Waals surface area (Å²) in [5.74, 6) is 0. The molecule has 0 aliphatic heterocycles. The van der Waals surface area contributed by atoms with Crippen LogP contribution in [0.3, 0.4) is 0 Å². The van der Waals surface area contributed by atoms with E-state index in [1.165, 1.54) is 0 Å². The maximum absolute atomic E-state index is 9.71. The number of hydrogen-bond donors (Lipinski definition) is 1. The molecule has 0 saturated heterocycles. The van der Waals surface area contributed by atoms with E-state index in [-0.39, 0.29) is 6.10 Å². The SMILES string of the molecule is [CH3][Sn]([CH3])([CH3])[CH]1C=CCCC1O. The third kappa shape index (κ3) is 2.48. The molecule has 11 heavy (non-hydrogen) atoms. The molecule has 2 unspecified atom stereocenters. The Morgan fingerprint density at radius 1 is 1.36 bits per heavy atom. The van der Waals surface area contributed by atoms with Crippen LogP contribution >= 0.6 is 0 Å². The van der Waals surface area contributed by atoms with Gasteiger partial charge in [0.05, 0.1) is 0 Å². The maximum atomic E-state index is 9.71. The number of rotatable bonds is 1. The van der Waals surface area contributed by atoms with Crippen molar-refractivity contribution in [3.63, 3.8) is 0 Å². The fourth-order valence-corrected chi connectivity index (χ4v) is 7.49. The standard InChI is InChI=1S/C6H9O.3CH3.Sn/c7-6-4-2-1-3-5-6;;;;/h1-2,4,6-7H,3,5H2;3*1H3;. The summed E-state index contributed by atoms with van der Waals surface area (Å²) in [5, 5.41) is 9.71. The van der Waals surface area contributed by atoms with E-state index in [0.717, 1.165) is 12.8 Å². The van der Waals surface area contributed by atoms with Crippen molar-refractivity contribution in [1.82, 2.24) is 0 Å². The van der Waals surface area contributed by atoms with Gasteiger partial charge in [0.2, 0.25) is 0 Å². The van der Waals surface area contributed by atoms with Crippen LogP contribution in [0, 0.1) is 0 Å². The fourth-order valence-electron chi connectivity index (χ4n) is 1.68. The molecule has 0 aromatic carbocycles. The van der Waals surface area contributed by atoms with Crippen LogP contribution in [0.25, 0.3) is 0 Å². The Morgan fingerprint density at radius 2 is 2.00 bits per heavy atom. The molecule has 1 aliphatic rings. The van der Waals surface area contributed by atoms with Crippen LogP contribution in [-0.2, 0) is 0 Å². The van der Waals surface area contributed by atoms with Gasteiger partial charge in [0, 0.05) is 0 Å². The monoisotopic (exact) mass is 262 g/mol. The van der Waals surface area contributed by atoms with Crippen LogP contribution in [0.1, 0.15) is 12.8 Å². The Hall–Kier alpha value is 0.499. The van der Waals surface area contributed by atoms with Crippen LogP contribution in [0.15, 0.2) is 12.2 Å². The molecule has 0 bridgehead atoms. The van der Waals surface area contributed by atoms with Crippen molar-refractivity contribution >= 4 is 18.4 Å². The molecule has 0 radical (unpaired) electrons. The summed E-state index contributed by atoms with van der Waals surface area (Å²) in [6.07, 6.45) is 6.51. The molecule has 0 heterocycles. The zero-order valence-corrected chi connectivity index (χ0v) is 10.5. The summed E-state index contributed by atoms with van der Waals surface area (Å²) in [6.45, 7) is 0. The topological polar surface area (TPSA) is 20.2 Å². The average Bonchev–Trinajstić information content (AvgIpc) is 1.86. The average molecular weight is 261 g/mol. The number of allylic oxidation sites excluding steroid dienone is 1. The third-order valence-corrected chi connectivity index (χ3v) is 9.74. The second kappa shape index (κ2) is 3.48. The van der Waals surface area contributed by atoms with Gasteiger partial charge in [-0.05, 0) is 0 Å². The molecular formula is C9H18OSn. The van der Waals surface area contributed by atoms with Crippen LogP contribution < -0.4 is 0 Å². The normalized spacial score (nSPS) is 32.4. The first-order valence-electron chi connectivity index (χ1n) is 4.36. The van der Waals surface area contributed by atoms with Gasteiger partial charge in [-0.3, -0.25) is 0 Å². The summed E-state index contributed by atoms with van der Waals surface area (Å²) < 4.78 is 0.554. The molecule has 1 rings (SSSR count). The molecule has 0 amide bonds. The zero-order chi connectivity index (χ0) is 8.48. The van der Waals surface area contributed by atoms with Crippen LogP contribution in [0.4, 0.5) is 0 Å². The van der Waals surface area contributed by atoms with Gasteiger partial charge < -0.3 is 0 Å². The second-order valence-electron chi connectivity index (χ2n) is 4.46. The van der Waals surface area contributed by atoms with Gasteiger partial charge >= 0.3 is 73.3 Å². The molecule has 1 nitrogen and oxygen atoms in total. The van der Waals surface area contributed by atoms with E-state index < -0.39 is 18.4 Å². The van der Waals surface area contributed by atoms with Gasteiger partial charge in [0.1, 0.15) is 0 Å². The molecule has 64 valence electrons. The molecule has 0 aromatic rings. The van der Waals surface area contributed by atoms with Gasteiger partial charge in [-0.25, -0.2) is 0 Å². The molecular weight excluding hydrogens is 243 g/mol. The van der Waals surface area contributed by atoms with Crippen molar-refractivity contribution in [1.29, 1.82) is 0 Å². The second-order valence-corrected chi connectivity index (χ2v) is 19.9. The van der Waals surface area contributed by atoms with E-state index >= 15 is 0 Å². The summed E-state index contributed by atoms with van der Waals surface area (Å²) in [7, 11) is 0. The van der Waals surface area contributed by atoms with Gasteiger partial charge in [0.15, 0.2) is 0 Å². The van der Waals surface area contributed by atoms with Crippen molar-refractivity contribution in [3.05, 3.63) is 12.2 Å². The van der Waals surface area contributed by atoms with E-state index in [1.807, 2.05) is 0 Å². The first kappa shape index (κ1) is 9.59. The van der Waals surface area contributed by atoms with Crippen molar-refractivity contribution in [2.75, 3.05) is 0 Å². The van der Waals surface area contributed by atoms with Crippen LogP contribution in [0.5, 0.6) is 0 Å². The van der Waals surface area contributed by atoms with Gasteiger partial charge in [-0.2, -0.15) is 0 Å². The Balaban J connectivity index is 2.69. The molecule has 1 aliphatic carbocycles. The van der Waals surface area contributed by atoms with Crippen LogP contribution in [-0.4, -0.2) is 29.6 Å². The number of aliphatic hydroxyl groups excluding tert-OH is 1. The molecule has 0 spiro atoms. The van der Waals surface area contributed by atoms with E-state index in [4.69, 9.17) is 0 Å². The molecule has 0 aromatic heterocycles. The first-order chi connectivity index (χ1) is 5.02. The van der Waals surface area contributed by atoms with Crippen molar-refractivity contribution < 1.29 is 5.11 Å². The summed E-state index contributed by atoms with van der Waals surface area (Å²) >= 11 is -1.85. The van der Waals surface area contributed by atoms with Gasteiger partial charge in [-0.1, -0.05) is 0 Å². The number of hydrogen-bond acceptors (Lipinski definition) is 1. The van der Waals surface area contributed by atoms with E-state index in [0.29, 0.717) is 3.93 Å². The Morgan fingerprint density at radius 3 is 2.36 bits per heavy atom. The van der Waals surface area contributed by atoms with Crippen molar-refractivity contribution in [2.45, 2.75) is 37.7 Å².